The lowest BCUT2D eigenvalue weighted by molar-refractivity contribution is 0.561. The predicted molar refractivity (Wildman–Crippen MR) is 69.1 cm³/mol. The lowest BCUT2D eigenvalue weighted by Crippen LogP contribution is -2.27. The molecule has 4 heteroatoms. The Morgan fingerprint density at radius 3 is 2.75 bits per heavy atom. The SMILES string of the molecule is CC(C)C(CCl)Nc1nc2ccccc2[nH]1. The van der Waals surface area contributed by atoms with Crippen molar-refractivity contribution in [2.24, 2.45) is 5.92 Å². The molecule has 0 radical (unpaired) electrons. The summed E-state index contributed by atoms with van der Waals surface area (Å²) in [5.41, 5.74) is 2.02. The summed E-state index contributed by atoms with van der Waals surface area (Å²) in [6, 6.07) is 8.21. The fourth-order valence-electron chi connectivity index (χ4n) is 1.58. The van der Waals surface area contributed by atoms with Gasteiger partial charge < -0.3 is 10.3 Å². The summed E-state index contributed by atoms with van der Waals surface area (Å²) in [6.45, 7) is 4.28. The molecule has 0 amide bonds. The fraction of sp³-hybridized carbons (Fsp3) is 0.417. The van der Waals surface area contributed by atoms with Crippen molar-refractivity contribution in [3.05, 3.63) is 24.3 Å². The van der Waals surface area contributed by atoms with Gasteiger partial charge in [-0.25, -0.2) is 4.98 Å². The van der Waals surface area contributed by atoms with Crippen molar-refractivity contribution in [2.75, 3.05) is 11.2 Å². The number of H-pyrrole nitrogens is 1. The number of nitrogens with zero attached hydrogens (tertiary/aromatic N) is 1. The molecule has 0 bridgehead atoms. The maximum Gasteiger partial charge on any atom is 0.201 e. The monoisotopic (exact) mass is 237 g/mol. The Morgan fingerprint density at radius 1 is 1.38 bits per heavy atom. The fourth-order valence-corrected chi connectivity index (χ4v) is 2.01. The lowest BCUT2D eigenvalue weighted by Gasteiger charge is -2.18. The molecule has 1 unspecified atom stereocenters. The van der Waals surface area contributed by atoms with E-state index in [1.165, 1.54) is 0 Å². The van der Waals surface area contributed by atoms with Gasteiger partial charge in [0.2, 0.25) is 5.95 Å². The normalized spacial score (nSPS) is 13.2. The highest BCUT2D eigenvalue weighted by Crippen LogP contribution is 2.16. The number of rotatable bonds is 4. The van der Waals surface area contributed by atoms with Crippen LogP contribution in [-0.4, -0.2) is 21.9 Å². The van der Waals surface area contributed by atoms with Crippen LogP contribution in [0.3, 0.4) is 0 Å². The maximum atomic E-state index is 5.91. The quantitative estimate of drug-likeness (QED) is 0.802. The molecule has 1 aromatic carbocycles. The lowest BCUT2D eigenvalue weighted by atomic mass is 10.1. The first-order valence-corrected chi connectivity index (χ1v) is 6.01. The Labute approximate surface area is 100 Å². The van der Waals surface area contributed by atoms with Gasteiger partial charge >= 0.3 is 0 Å². The number of halogens is 1. The van der Waals surface area contributed by atoms with Crippen LogP contribution in [0.25, 0.3) is 11.0 Å². The van der Waals surface area contributed by atoms with Gasteiger partial charge in [0.1, 0.15) is 0 Å². The number of fused-ring (bicyclic) bond motifs is 1. The summed E-state index contributed by atoms with van der Waals surface area (Å²) in [5.74, 6) is 1.85. The molecular formula is C12H16ClN3. The number of nitrogens with one attached hydrogen (secondary N) is 2. The molecule has 2 N–H and O–H groups in total. The summed E-state index contributed by atoms with van der Waals surface area (Å²) in [7, 11) is 0. The van der Waals surface area contributed by atoms with Crippen LogP contribution in [0, 0.1) is 5.92 Å². The Hall–Kier alpha value is -1.22. The van der Waals surface area contributed by atoms with Gasteiger partial charge in [0, 0.05) is 11.9 Å². The van der Waals surface area contributed by atoms with Crippen LogP contribution in [0.5, 0.6) is 0 Å². The third-order valence-corrected chi connectivity index (χ3v) is 3.01. The number of aromatic amines is 1. The molecule has 0 saturated carbocycles. The summed E-state index contributed by atoms with van der Waals surface area (Å²) in [5, 5.41) is 3.32. The van der Waals surface area contributed by atoms with Crippen LogP contribution in [0.15, 0.2) is 24.3 Å². The predicted octanol–water partition coefficient (Wildman–Crippen LogP) is 3.24. The van der Waals surface area contributed by atoms with Crippen LogP contribution >= 0.6 is 11.6 Å². The molecule has 86 valence electrons. The summed E-state index contributed by atoms with van der Waals surface area (Å²) in [4.78, 5) is 7.69. The van der Waals surface area contributed by atoms with Crippen molar-refractivity contribution in [3.63, 3.8) is 0 Å². The minimum Gasteiger partial charge on any atom is -0.352 e. The molecule has 0 spiro atoms. The number of imidazole rings is 1. The van der Waals surface area contributed by atoms with E-state index in [-0.39, 0.29) is 6.04 Å². The maximum absolute atomic E-state index is 5.91. The Bertz CT molecular complexity index is 431. The number of para-hydroxylation sites is 2. The number of alkyl halides is 1. The van der Waals surface area contributed by atoms with Crippen LogP contribution in [0.1, 0.15) is 13.8 Å². The Kier molecular flexibility index (Phi) is 3.34. The average Bonchev–Trinajstić information content (AvgIpc) is 2.67. The second-order valence-corrected chi connectivity index (χ2v) is 4.56. The zero-order chi connectivity index (χ0) is 11.5. The second kappa shape index (κ2) is 4.74. The number of benzene rings is 1. The van der Waals surface area contributed by atoms with Gasteiger partial charge in [-0.15, -0.1) is 11.6 Å². The molecule has 1 atom stereocenters. The van der Waals surface area contributed by atoms with Crippen LogP contribution < -0.4 is 5.32 Å². The Balaban J connectivity index is 2.20. The van der Waals surface area contributed by atoms with Crippen molar-refractivity contribution in [1.29, 1.82) is 0 Å². The summed E-state index contributed by atoms with van der Waals surface area (Å²) >= 11 is 5.91. The molecule has 2 rings (SSSR count). The minimum atomic E-state index is 0.238. The zero-order valence-electron chi connectivity index (χ0n) is 9.50. The second-order valence-electron chi connectivity index (χ2n) is 4.25. The molecule has 0 saturated heterocycles. The highest BCUT2D eigenvalue weighted by Gasteiger charge is 2.13. The minimum absolute atomic E-state index is 0.238. The van der Waals surface area contributed by atoms with Gasteiger partial charge in [-0.05, 0) is 18.1 Å². The van der Waals surface area contributed by atoms with Crippen molar-refractivity contribution in [2.45, 2.75) is 19.9 Å². The van der Waals surface area contributed by atoms with E-state index in [1.54, 1.807) is 0 Å². The standard InChI is InChI=1S/C12H16ClN3/c1-8(2)11(7-13)16-12-14-9-5-3-4-6-10(9)15-12/h3-6,8,11H,7H2,1-2H3,(H2,14,15,16). The van der Waals surface area contributed by atoms with E-state index in [0.717, 1.165) is 17.0 Å². The molecule has 2 aromatic rings. The van der Waals surface area contributed by atoms with E-state index in [4.69, 9.17) is 11.6 Å². The smallest absolute Gasteiger partial charge is 0.201 e. The van der Waals surface area contributed by atoms with E-state index in [1.807, 2.05) is 24.3 Å². The van der Waals surface area contributed by atoms with E-state index in [2.05, 4.69) is 29.1 Å². The molecular weight excluding hydrogens is 222 g/mol. The first-order chi connectivity index (χ1) is 7.70. The van der Waals surface area contributed by atoms with Crippen molar-refractivity contribution >= 4 is 28.6 Å². The highest BCUT2D eigenvalue weighted by atomic mass is 35.5. The van der Waals surface area contributed by atoms with Gasteiger partial charge in [-0.1, -0.05) is 26.0 Å². The van der Waals surface area contributed by atoms with E-state index in [9.17, 15) is 0 Å². The van der Waals surface area contributed by atoms with Gasteiger partial charge in [0.15, 0.2) is 0 Å². The van der Waals surface area contributed by atoms with E-state index < -0.39 is 0 Å². The van der Waals surface area contributed by atoms with Gasteiger partial charge in [0.05, 0.1) is 11.0 Å². The first kappa shape index (κ1) is 11.3. The molecule has 1 heterocycles. The Morgan fingerprint density at radius 2 is 2.12 bits per heavy atom. The van der Waals surface area contributed by atoms with Crippen LogP contribution in [0.2, 0.25) is 0 Å². The zero-order valence-corrected chi connectivity index (χ0v) is 10.3. The third kappa shape index (κ3) is 2.30. The molecule has 3 nitrogen and oxygen atoms in total. The largest absolute Gasteiger partial charge is 0.352 e. The van der Waals surface area contributed by atoms with E-state index >= 15 is 0 Å². The van der Waals surface area contributed by atoms with Crippen LogP contribution in [0.4, 0.5) is 5.95 Å². The summed E-state index contributed by atoms with van der Waals surface area (Å²) in [6.07, 6.45) is 0. The van der Waals surface area contributed by atoms with Gasteiger partial charge in [-0.3, -0.25) is 0 Å². The number of hydrogen-bond donors (Lipinski definition) is 2. The summed E-state index contributed by atoms with van der Waals surface area (Å²) < 4.78 is 0. The van der Waals surface area contributed by atoms with Gasteiger partial charge in [-0.2, -0.15) is 0 Å². The topological polar surface area (TPSA) is 40.7 Å². The van der Waals surface area contributed by atoms with Gasteiger partial charge in [0.25, 0.3) is 0 Å². The molecule has 16 heavy (non-hydrogen) atoms. The number of anilines is 1. The first-order valence-electron chi connectivity index (χ1n) is 5.48. The van der Waals surface area contributed by atoms with Crippen molar-refractivity contribution in [3.8, 4) is 0 Å². The van der Waals surface area contributed by atoms with Crippen molar-refractivity contribution in [1.82, 2.24) is 9.97 Å². The molecule has 0 aliphatic carbocycles. The van der Waals surface area contributed by atoms with Crippen molar-refractivity contribution < 1.29 is 0 Å². The molecule has 1 aromatic heterocycles. The number of aromatic nitrogens is 2. The third-order valence-electron chi connectivity index (χ3n) is 2.68. The van der Waals surface area contributed by atoms with E-state index in [0.29, 0.717) is 11.8 Å². The molecule has 0 aliphatic heterocycles. The highest BCUT2D eigenvalue weighted by molar-refractivity contribution is 6.18. The number of hydrogen-bond acceptors (Lipinski definition) is 2. The molecule has 0 fully saturated rings. The van der Waals surface area contributed by atoms with Crippen LogP contribution in [-0.2, 0) is 0 Å². The average molecular weight is 238 g/mol. The molecule has 0 aliphatic rings.